The van der Waals surface area contributed by atoms with Crippen LogP contribution in [0.4, 0.5) is 4.39 Å². The van der Waals surface area contributed by atoms with Gasteiger partial charge in [-0.1, -0.05) is 37.6 Å². The quantitative estimate of drug-likeness (QED) is 0.515. The molecule has 0 spiro atoms. The first-order valence-electron chi connectivity index (χ1n) is 11.9. The van der Waals surface area contributed by atoms with Gasteiger partial charge in [0.2, 0.25) is 5.89 Å². The highest BCUT2D eigenvalue weighted by Gasteiger charge is 2.35. The van der Waals surface area contributed by atoms with E-state index in [-0.39, 0.29) is 11.7 Å². The molecule has 32 heavy (non-hydrogen) atoms. The topological polar surface area (TPSA) is 51.4 Å². The Bertz CT molecular complexity index is 925. The van der Waals surface area contributed by atoms with Crippen molar-refractivity contribution in [3.8, 4) is 11.5 Å². The van der Waals surface area contributed by atoms with Crippen LogP contribution in [-0.4, -0.2) is 47.9 Å². The van der Waals surface area contributed by atoms with Gasteiger partial charge in [-0.25, -0.2) is 4.39 Å². The fraction of sp³-hybridized carbons (Fsp3) is 0.615. The predicted molar refractivity (Wildman–Crippen MR) is 124 cm³/mol. The molecule has 6 heteroatoms. The van der Waals surface area contributed by atoms with E-state index in [4.69, 9.17) is 9.15 Å². The number of hydrogen-bond donors (Lipinski definition) is 0. The Morgan fingerprint density at radius 2 is 2.06 bits per heavy atom. The number of likely N-dealkylation sites (tertiary alicyclic amines) is 1. The lowest BCUT2D eigenvalue weighted by molar-refractivity contribution is 0.0928. The normalized spacial score (nSPS) is 26.6. The van der Waals surface area contributed by atoms with Crippen LogP contribution in [0.15, 0.2) is 40.3 Å². The Hall–Kier alpha value is -2.05. The first-order chi connectivity index (χ1) is 15.5. The molecule has 1 saturated heterocycles. The van der Waals surface area contributed by atoms with Crippen LogP contribution < -0.4 is 0 Å². The Kier molecular flexibility index (Phi) is 7.41. The Labute approximate surface area is 191 Å². The molecule has 2 aliphatic rings. The number of halogens is 1. The summed E-state index contributed by atoms with van der Waals surface area (Å²) in [6.45, 7) is 10.0. The Morgan fingerprint density at radius 1 is 1.25 bits per heavy atom. The van der Waals surface area contributed by atoms with Crippen molar-refractivity contribution >= 4 is 0 Å². The third-order valence-corrected chi connectivity index (χ3v) is 7.38. The SMILES string of the molecule is COCC1CCCN1CC1C=C(C)C(Cc2nnc(-c3ccccc3F)o2)CC1C(C)C. The molecule has 0 amide bonds. The van der Waals surface area contributed by atoms with E-state index < -0.39 is 0 Å². The average molecular weight is 442 g/mol. The van der Waals surface area contributed by atoms with Gasteiger partial charge in [-0.05, 0) is 68.5 Å². The van der Waals surface area contributed by atoms with Crippen LogP contribution in [-0.2, 0) is 11.2 Å². The number of benzene rings is 1. The van der Waals surface area contributed by atoms with Crippen molar-refractivity contribution in [1.82, 2.24) is 15.1 Å². The van der Waals surface area contributed by atoms with Gasteiger partial charge in [-0.15, -0.1) is 10.2 Å². The van der Waals surface area contributed by atoms with Crippen LogP contribution in [0.2, 0.25) is 0 Å². The van der Waals surface area contributed by atoms with Crippen LogP contribution in [0.1, 0.15) is 45.9 Å². The van der Waals surface area contributed by atoms with E-state index in [1.54, 1.807) is 25.3 Å². The fourth-order valence-electron chi connectivity index (χ4n) is 5.56. The molecule has 5 nitrogen and oxygen atoms in total. The lowest BCUT2D eigenvalue weighted by Crippen LogP contribution is -2.41. The van der Waals surface area contributed by atoms with Gasteiger partial charge >= 0.3 is 0 Å². The molecule has 1 aromatic heterocycles. The van der Waals surface area contributed by atoms with Crippen molar-refractivity contribution in [2.75, 3.05) is 26.8 Å². The molecule has 0 saturated carbocycles. The molecule has 0 bridgehead atoms. The highest BCUT2D eigenvalue weighted by atomic mass is 19.1. The summed E-state index contributed by atoms with van der Waals surface area (Å²) in [4.78, 5) is 2.63. The first kappa shape index (κ1) is 23.1. The minimum Gasteiger partial charge on any atom is -0.421 e. The van der Waals surface area contributed by atoms with Gasteiger partial charge in [-0.3, -0.25) is 4.90 Å². The molecule has 1 aromatic carbocycles. The summed E-state index contributed by atoms with van der Waals surface area (Å²) in [5, 5.41) is 8.34. The second-order valence-corrected chi connectivity index (χ2v) is 9.85. The molecule has 4 rings (SSSR count). The Morgan fingerprint density at radius 3 is 2.81 bits per heavy atom. The second kappa shape index (κ2) is 10.3. The average Bonchev–Trinajstić information content (AvgIpc) is 3.40. The molecule has 1 fully saturated rings. The van der Waals surface area contributed by atoms with Gasteiger partial charge in [0.25, 0.3) is 5.89 Å². The van der Waals surface area contributed by atoms with E-state index >= 15 is 0 Å². The summed E-state index contributed by atoms with van der Waals surface area (Å²) in [5.74, 6) is 2.65. The zero-order valence-corrected chi connectivity index (χ0v) is 19.8. The van der Waals surface area contributed by atoms with Crippen LogP contribution in [0.25, 0.3) is 11.5 Å². The van der Waals surface area contributed by atoms with Crippen molar-refractivity contribution in [3.63, 3.8) is 0 Å². The summed E-state index contributed by atoms with van der Waals surface area (Å²) in [6.07, 6.45) is 6.81. The largest absolute Gasteiger partial charge is 0.421 e. The zero-order valence-electron chi connectivity index (χ0n) is 19.8. The molecule has 0 N–H and O–H groups in total. The van der Waals surface area contributed by atoms with E-state index in [1.807, 2.05) is 0 Å². The molecule has 174 valence electrons. The molecule has 4 atom stereocenters. The number of aromatic nitrogens is 2. The van der Waals surface area contributed by atoms with Gasteiger partial charge in [0.05, 0.1) is 12.2 Å². The van der Waals surface area contributed by atoms with Crippen LogP contribution >= 0.6 is 0 Å². The van der Waals surface area contributed by atoms with Gasteiger partial charge in [0.15, 0.2) is 0 Å². The van der Waals surface area contributed by atoms with Crippen molar-refractivity contribution in [1.29, 1.82) is 0 Å². The second-order valence-electron chi connectivity index (χ2n) is 9.85. The summed E-state index contributed by atoms with van der Waals surface area (Å²) >= 11 is 0. The van der Waals surface area contributed by atoms with E-state index in [2.05, 4.69) is 41.9 Å². The minimum atomic E-state index is -0.340. The number of rotatable bonds is 8. The smallest absolute Gasteiger partial charge is 0.250 e. The van der Waals surface area contributed by atoms with Gasteiger partial charge in [0, 0.05) is 26.1 Å². The van der Waals surface area contributed by atoms with Crippen molar-refractivity contribution < 1.29 is 13.5 Å². The van der Waals surface area contributed by atoms with Crippen LogP contribution in [0.5, 0.6) is 0 Å². The molecular formula is C26H36FN3O2. The molecule has 2 heterocycles. The van der Waals surface area contributed by atoms with Crippen molar-refractivity contribution in [2.45, 2.75) is 52.5 Å². The molecular weight excluding hydrogens is 405 g/mol. The Balaban J connectivity index is 1.47. The summed E-state index contributed by atoms with van der Waals surface area (Å²) < 4.78 is 25.4. The van der Waals surface area contributed by atoms with Gasteiger partial charge in [0.1, 0.15) is 5.82 Å². The molecule has 0 radical (unpaired) electrons. The number of allylic oxidation sites excluding steroid dienone is 1. The fourth-order valence-corrected chi connectivity index (χ4v) is 5.56. The van der Waals surface area contributed by atoms with Gasteiger partial charge in [-0.2, -0.15) is 0 Å². The maximum atomic E-state index is 14.1. The number of methoxy groups -OCH3 is 1. The van der Waals surface area contributed by atoms with E-state index in [9.17, 15) is 4.39 Å². The highest BCUT2D eigenvalue weighted by Crippen LogP contribution is 2.40. The van der Waals surface area contributed by atoms with Crippen LogP contribution in [0, 0.1) is 29.5 Å². The standard InChI is InChI=1S/C26H36FN3O2/c1-17(2)23-13-19(14-25-28-29-26(32-25)22-9-5-6-10-24(22)27)18(3)12-20(23)15-30-11-7-8-21(30)16-31-4/h5-6,9-10,12,17,19-21,23H,7-8,11,13-16H2,1-4H3. The lowest BCUT2D eigenvalue weighted by Gasteiger charge is -2.39. The van der Waals surface area contributed by atoms with Crippen LogP contribution in [0.3, 0.4) is 0 Å². The zero-order chi connectivity index (χ0) is 22.7. The maximum absolute atomic E-state index is 14.1. The highest BCUT2D eigenvalue weighted by molar-refractivity contribution is 5.53. The third kappa shape index (κ3) is 5.12. The maximum Gasteiger partial charge on any atom is 0.250 e. The summed E-state index contributed by atoms with van der Waals surface area (Å²) in [7, 11) is 1.80. The van der Waals surface area contributed by atoms with E-state index in [0.29, 0.717) is 47.6 Å². The third-order valence-electron chi connectivity index (χ3n) is 7.38. The van der Waals surface area contributed by atoms with Crippen molar-refractivity contribution in [2.24, 2.45) is 23.7 Å². The molecule has 1 aliphatic carbocycles. The first-order valence-corrected chi connectivity index (χ1v) is 11.9. The number of ether oxygens (including phenoxy) is 1. The van der Waals surface area contributed by atoms with E-state index in [0.717, 1.165) is 19.6 Å². The molecule has 2 aromatic rings. The summed E-state index contributed by atoms with van der Waals surface area (Å²) in [6, 6.07) is 7.08. The van der Waals surface area contributed by atoms with Crippen molar-refractivity contribution in [3.05, 3.63) is 47.6 Å². The monoisotopic (exact) mass is 441 g/mol. The molecule has 4 unspecified atom stereocenters. The number of hydrogen-bond acceptors (Lipinski definition) is 5. The predicted octanol–water partition coefficient (Wildman–Crippen LogP) is 5.38. The minimum absolute atomic E-state index is 0.257. The van der Waals surface area contributed by atoms with Gasteiger partial charge < -0.3 is 9.15 Å². The number of nitrogens with zero attached hydrogens (tertiary/aromatic N) is 3. The molecule has 1 aliphatic heterocycles. The lowest BCUT2D eigenvalue weighted by atomic mass is 9.69. The summed E-state index contributed by atoms with van der Waals surface area (Å²) in [5.41, 5.74) is 1.76. The van der Waals surface area contributed by atoms with E-state index in [1.165, 1.54) is 31.0 Å².